The molecule has 0 saturated carbocycles. The van der Waals surface area contributed by atoms with Gasteiger partial charge in [-0.15, -0.1) is 0 Å². The second-order valence-electron chi connectivity index (χ2n) is 6.99. The third-order valence-electron chi connectivity index (χ3n) is 4.76. The molecule has 0 aliphatic carbocycles. The van der Waals surface area contributed by atoms with Gasteiger partial charge in [-0.25, -0.2) is 4.68 Å². The molecule has 4 nitrogen and oxygen atoms in total. The Kier molecular flexibility index (Phi) is 5.75. The van der Waals surface area contributed by atoms with Gasteiger partial charge in [-0.1, -0.05) is 6.07 Å². The van der Waals surface area contributed by atoms with Gasteiger partial charge in [0.2, 0.25) is 0 Å². The van der Waals surface area contributed by atoms with Crippen molar-refractivity contribution < 1.29 is 26.3 Å². The minimum atomic E-state index is -4.49. The first-order valence-electron chi connectivity index (χ1n) is 9.42. The molecule has 1 aromatic heterocycles. The molecule has 0 unspecified atom stereocenters. The van der Waals surface area contributed by atoms with Gasteiger partial charge >= 0.3 is 12.4 Å². The number of anilines is 2. The zero-order valence-corrected chi connectivity index (χ0v) is 17.3. The number of aromatic nitrogens is 2. The first kappa shape index (κ1) is 22.6. The molecule has 0 fully saturated rings. The number of benzene rings is 3. The Morgan fingerprint density at radius 3 is 1.88 bits per heavy atom. The van der Waals surface area contributed by atoms with E-state index in [1.807, 2.05) is 0 Å². The van der Waals surface area contributed by atoms with Crippen LogP contribution in [0.25, 0.3) is 16.6 Å². The lowest BCUT2D eigenvalue weighted by atomic mass is 10.1. The molecule has 0 aliphatic rings. The van der Waals surface area contributed by atoms with Crippen molar-refractivity contribution in [3.8, 4) is 5.69 Å². The lowest BCUT2D eigenvalue weighted by Gasteiger charge is -2.12. The Hall–Kier alpha value is -3.60. The molecule has 33 heavy (non-hydrogen) atoms. The molecule has 4 aromatic rings. The fraction of sp³-hybridized carbons (Fsp3) is 0.0909. The maximum atomic E-state index is 13.2. The van der Waals surface area contributed by atoms with Crippen LogP contribution in [0.4, 0.5) is 37.7 Å². The van der Waals surface area contributed by atoms with E-state index in [4.69, 9.17) is 12.2 Å². The minimum absolute atomic E-state index is 0.00544. The number of halogens is 6. The van der Waals surface area contributed by atoms with Gasteiger partial charge in [0, 0.05) is 16.8 Å². The average molecular weight is 480 g/mol. The van der Waals surface area contributed by atoms with Crippen LogP contribution in [0.3, 0.4) is 0 Å². The first-order chi connectivity index (χ1) is 15.5. The molecule has 170 valence electrons. The Labute approximate surface area is 188 Å². The largest absolute Gasteiger partial charge is 0.417 e. The highest BCUT2D eigenvalue weighted by Crippen LogP contribution is 2.35. The summed E-state index contributed by atoms with van der Waals surface area (Å²) in [5, 5.41) is 9.92. The molecule has 1 heterocycles. The molecule has 4 rings (SSSR count). The summed E-state index contributed by atoms with van der Waals surface area (Å²) in [6.07, 6.45) is -7.74. The molecule has 0 amide bonds. The number of hydrogen-bond donors (Lipinski definition) is 2. The number of rotatable bonds is 3. The monoisotopic (exact) mass is 480 g/mol. The topological polar surface area (TPSA) is 41.9 Å². The van der Waals surface area contributed by atoms with Gasteiger partial charge in [0.1, 0.15) is 0 Å². The molecular formula is C22H14F6N4S. The van der Waals surface area contributed by atoms with Crippen molar-refractivity contribution in [3.63, 3.8) is 0 Å². The van der Waals surface area contributed by atoms with Gasteiger partial charge in [-0.05, 0) is 72.9 Å². The van der Waals surface area contributed by atoms with Gasteiger partial charge in [0.25, 0.3) is 0 Å². The molecule has 0 saturated heterocycles. The van der Waals surface area contributed by atoms with Crippen LogP contribution in [-0.4, -0.2) is 14.9 Å². The fourth-order valence-corrected chi connectivity index (χ4v) is 3.46. The number of nitrogens with one attached hydrogen (secondary N) is 2. The molecule has 2 N–H and O–H groups in total. The third-order valence-corrected chi connectivity index (χ3v) is 4.96. The van der Waals surface area contributed by atoms with Crippen LogP contribution in [0, 0.1) is 0 Å². The van der Waals surface area contributed by atoms with Crippen LogP contribution in [0.15, 0.2) is 72.9 Å². The van der Waals surface area contributed by atoms with E-state index in [2.05, 4.69) is 15.7 Å². The SMILES string of the molecule is FC(F)(F)c1ccc(NC(=S)Nc2ccc(-n3ncc4c(C(F)(F)F)cccc43)cc2)cc1. The normalized spacial score (nSPS) is 12.1. The molecular weight excluding hydrogens is 466 g/mol. The van der Waals surface area contributed by atoms with Gasteiger partial charge in [-0.3, -0.25) is 0 Å². The molecule has 0 aliphatic heterocycles. The highest BCUT2D eigenvalue weighted by atomic mass is 32.1. The second-order valence-corrected chi connectivity index (χ2v) is 7.40. The van der Waals surface area contributed by atoms with Gasteiger partial charge in [0.15, 0.2) is 5.11 Å². The average Bonchev–Trinajstić information content (AvgIpc) is 3.17. The first-order valence-corrected chi connectivity index (χ1v) is 9.83. The number of hydrogen-bond acceptors (Lipinski definition) is 2. The maximum absolute atomic E-state index is 13.2. The van der Waals surface area contributed by atoms with E-state index in [-0.39, 0.29) is 10.5 Å². The molecule has 0 bridgehead atoms. The van der Waals surface area contributed by atoms with Crippen molar-refractivity contribution in [1.82, 2.24) is 9.78 Å². The Morgan fingerprint density at radius 2 is 1.33 bits per heavy atom. The van der Waals surface area contributed by atoms with Gasteiger partial charge in [0.05, 0.1) is 28.5 Å². The summed E-state index contributed by atoms with van der Waals surface area (Å²) in [5.41, 5.74) is 0.262. The summed E-state index contributed by atoms with van der Waals surface area (Å²) in [6, 6.07) is 14.9. The second kappa shape index (κ2) is 8.39. The summed E-state index contributed by atoms with van der Waals surface area (Å²) in [7, 11) is 0. The summed E-state index contributed by atoms with van der Waals surface area (Å²) in [5.74, 6) is 0. The molecule has 3 aromatic carbocycles. The van der Waals surface area contributed by atoms with Crippen molar-refractivity contribution in [2.45, 2.75) is 12.4 Å². The van der Waals surface area contributed by atoms with Crippen molar-refractivity contribution in [2.75, 3.05) is 10.6 Å². The van der Waals surface area contributed by atoms with Crippen LogP contribution >= 0.6 is 12.2 Å². The van der Waals surface area contributed by atoms with Crippen LogP contribution in [0.2, 0.25) is 0 Å². The summed E-state index contributed by atoms with van der Waals surface area (Å²) in [6.45, 7) is 0. The molecule has 0 atom stereocenters. The van der Waals surface area contributed by atoms with Crippen LogP contribution in [0.5, 0.6) is 0 Å². The summed E-state index contributed by atoms with van der Waals surface area (Å²) in [4.78, 5) is 0. The maximum Gasteiger partial charge on any atom is 0.417 e. The third kappa shape index (κ3) is 4.92. The fourth-order valence-electron chi connectivity index (χ4n) is 3.23. The molecule has 0 spiro atoms. The van der Waals surface area contributed by atoms with Crippen molar-refractivity contribution in [2.24, 2.45) is 0 Å². The van der Waals surface area contributed by atoms with E-state index >= 15 is 0 Å². The highest BCUT2D eigenvalue weighted by molar-refractivity contribution is 7.80. The predicted molar refractivity (Wildman–Crippen MR) is 117 cm³/mol. The van der Waals surface area contributed by atoms with E-state index in [0.717, 1.165) is 18.2 Å². The Morgan fingerprint density at radius 1 is 0.758 bits per heavy atom. The lowest BCUT2D eigenvalue weighted by Crippen LogP contribution is -2.19. The van der Waals surface area contributed by atoms with Crippen molar-refractivity contribution >= 4 is 39.6 Å². The van der Waals surface area contributed by atoms with Crippen molar-refractivity contribution in [3.05, 3.63) is 84.1 Å². The van der Waals surface area contributed by atoms with E-state index in [1.165, 1.54) is 29.1 Å². The van der Waals surface area contributed by atoms with Crippen LogP contribution in [-0.2, 0) is 12.4 Å². The highest BCUT2D eigenvalue weighted by Gasteiger charge is 2.33. The van der Waals surface area contributed by atoms with E-state index in [1.54, 1.807) is 30.3 Å². The van der Waals surface area contributed by atoms with Crippen LogP contribution in [0.1, 0.15) is 11.1 Å². The molecule has 11 heteroatoms. The van der Waals surface area contributed by atoms with E-state index < -0.39 is 23.5 Å². The number of fused-ring (bicyclic) bond motifs is 1. The number of alkyl halides is 6. The van der Waals surface area contributed by atoms with E-state index in [0.29, 0.717) is 22.6 Å². The smallest absolute Gasteiger partial charge is 0.332 e. The molecule has 0 radical (unpaired) electrons. The minimum Gasteiger partial charge on any atom is -0.332 e. The Bertz CT molecular complexity index is 1290. The number of thiocarbonyl (C=S) groups is 1. The van der Waals surface area contributed by atoms with Gasteiger partial charge in [-0.2, -0.15) is 31.4 Å². The number of nitrogens with zero attached hydrogens (tertiary/aromatic N) is 2. The van der Waals surface area contributed by atoms with E-state index in [9.17, 15) is 26.3 Å². The standard InChI is InChI=1S/C22H14F6N4S/c23-21(24,25)13-4-6-14(7-5-13)30-20(33)31-15-8-10-16(11-9-15)32-19-3-1-2-18(22(26,27)28)17(19)12-29-32/h1-12H,(H2,30,31,33). The van der Waals surface area contributed by atoms with Crippen molar-refractivity contribution in [1.29, 1.82) is 0 Å². The Balaban J connectivity index is 1.47. The van der Waals surface area contributed by atoms with Crippen LogP contribution < -0.4 is 10.6 Å². The zero-order valence-electron chi connectivity index (χ0n) is 16.5. The quantitative estimate of drug-likeness (QED) is 0.248. The predicted octanol–water partition coefficient (Wildman–Crippen LogP) is 6.87. The lowest BCUT2D eigenvalue weighted by molar-refractivity contribution is -0.138. The summed E-state index contributed by atoms with van der Waals surface area (Å²) < 4.78 is 79.0. The zero-order chi connectivity index (χ0) is 23.8. The summed E-state index contributed by atoms with van der Waals surface area (Å²) >= 11 is 5.18. The van der Waals surface area contributed by atoms with Gasteiger partial charge < -0.3 is 10.6 Å².